The molecule has 0 saturated carbocycles. The lowest BCUT2D eigenvalue weighted by Gasteiger charge is -2.25. The first kappa shape index (κ1) is 16.4. The van der Waals surface area contributed by atoms with E-state index in [9.17, 15) is 4.79 Å². The molecule has 6 heteroatoms. The summed E-state index contributed by atoms with van der Waals surface area (Å²) in [6.07, 6.45) is 1.01. The molecule has 1 aromatic heterocycles. The monoisotopic (exact) mass is 358 g/mol. The Morgan fingerprint density at radius 3 is 2.96 bits per heavy atom. The molecule has 1 aromatic carbocycles. The minimum atomic E-state index is -0.199. The van der Waals surface area contributed by atoms with Crippen molar-refractivity contribution in [3.63, 3.8) is 0 Å². The van der Waals surface area contributed by atoms with Gasteiger partial charge < -0.3 is 20.1 Å². The first-order chi connectivity index (χ1) is 12.0. The number of fused-ring (bicyclic) bond motifs is 2. The quantitative estimate of drug-likeness (QED) is 0.882. The third-order valence-corrected chi connectivity index (χ3v) is 6.05. The van der Waals surface area contributed by atoms with Gasteiger partial charge in [0, 0.05) is 29.9 Å². The molecular formula is C19H22N2O3S. The first-order valence-electron chi connectivity index (χ1n) is 8.53. The van der Waals surface area contributed by atoms with E-state index in [1.807, 2.05) is 24.3 Å². The Bertz CT molecular complexity index is 789. The van der Waals surface area contributed by atoms with Gasteiger partial charge in [0.1, 0.15) is 0 Å². The van der Waals surface area contributed by atoms with E-state index in [4.69, 9.17) is 9.47 Å². The standard InChI is InChI=1S/C19H22N2O3S/c1-19(2,13-3-4-14-15(8-13)24-11-23-14)10-21-18(22)17-7-12-9-20-6-5-16(12)25-17/h3-4,7-8,20H,5-6,9-11H2,1-2H3,(H,21,22). The molecule has 0 atom stereocenters. The number of ether oxygens (including phenoxy) is 2. The van der Waals surface area contributed by atoms with Gasteiger partial charge in [0.15, 0.2) is 11.5 Å². The second kappa shape index (κ2) is 6.35. The normalized spacial score (nSPS) is 15.8. The maximum absolute atomic E-state index is 12.6. The average Bonchev–Trinajstić information content (AvgIpc) is 3.25. The maximum atomic E-state index is 12.6. The lowest BCUT2D eigenvalue weighted by atomic mass is 9.84. The van der Waals surface area contributed by atoms with E-state index in [1.54, 1.807) is 11.3 Å². The van der Waals surface area contributed by atoms with Gasteiger partial charge in [-0.15, -0.1) is 11.3 Å². The zero-order chi connectivity index (χ0) is 17.4. The molecule has 1 amide bonds. The number of rotatable bonds is 4. The van der Waals surface area contributed by atoms with Crippen molar-refractivity contribution in [1.82, 2.24) is 10.6 Å². The van der Waals surface area contributed by atoms with Gasteiger partial charge in [0.25, 0.3) is 5.91 Å². The van der Waals surface area contributed by atoms with Crippen LogP contribution in [0, 0.1) is 0 Å². The minimum Gasteiger partial charge on any atom is -0.454 e. The van der Waals surface area contributed by atoms with Crippen LogP contribution in [0.4, 0.5) is 0 Å². The topological polar surface area (TPSA) is 59.6 Å². The van der Waals surface area contributed by atoms with Gasteiger partial charge in [-0.05, 0) is 35.7 Å². The minimum absolute atomic E-state index is 0.00761. The van der Waals surface area contributed by atoms with Crippen molar-refractivity contribution in [1.29, 1.82) is 0 Å². The van der Waals surface area contributed by atoms with E-state index >= 15 is 0 Å². The number of amides is 1. The van der Waals surface area contributed by atoms with Gasteiger partial charge in [-0.1, -0.05) is 19.9 Å². The number of carbonyl (C=O) groups is 1. The molecule has 0 radical (unpaired) electrons. The third-order valence-electron chi connectivity index (χ3n) is 4.81. The average molecular weight is 358 g/mol. The molecule has 0 saturated heterocycles. The van der Waals surface area contributed by atoms with Crippen LogP contribution in [0.3, 0.4) is 0 Å². The highest BCUT2D eigenvalue weighted by Crippen LogP contribution is 2.36. The van der Waals surface area contributed by atoms with Crippen molar-refractivity contribution in [2.24, 2.45) is 0 Å². The van der Waals surface area contributed by atoms with Gasteiger partial charge in [-0.2, -0.15) is 0 Å². The van der Waals surface area contributed by atoms with E-state index in [0.29, 0.717) is 6.54 Å². The van der Waals surface area contributed by atoms with Crippen molar-refractivity contribution >= 4 is 17.2 Å². The molecule has 0 spiro atoms. The number of nitrogens with one attached hydrogen (secondary N) is 2. The summed E-state index contributed by atoms with van der Waals surface area (Å²) in [7, 11) is 0. The molecule has 4 rings (SSSR count). The fraction of sp³-hybridized carbons (Fsp3) is 0.421. The lowest BCUT2D eigenvalue weighted by molar-refractivity contribution is 0.0949. The summed E-state index contributed by atoms with van der Waals surface area (Å²) in [6, 6.07) is 8.00. The predicted molar refractivity (Wildman–Crippen MR) is 97.7 cm³/mol. The summed E-state index contributed by atoms with van der Waals surface area (Å²) in [5.74, 6) is 1.56. The Morgan fingerprint density at radius 2 is 2.12 bits per heavy atom. The molecule has 2 aliphatic rings. The highest BCUT2D eigenvalue weighted by Gasteiger charge is 2.25. The Balaban J connectivity index is 1.44. The summed E-state index contributed by atoms with van der Waals surface area (Å²) in [4.78, 5) is 14.7. The molecule has 2 N–H and O–H groups in total. The van der Waals surface area contributed by atoms with E-state index < -0.39 is 0 Å². The summed E-state index contributed by atoms with van der Waals surface area (Å²) >= 11 is 1.62. The molecular weight excluding hydrogens is 336 g/mol. The van der Waals surface area contributed by atoms with Crippen molar-refractivity contribution < 1.29 is 14.3 Å². The van der Waals surface area contributed by atoms with Crippen molar-refractivity contribution in [2.75, 3.05) is 19.9 Å². The zero-order valence-corrected chi connectivity index (χ0v) is 15.3. The lowest BCUT2D eigenvalue weighted by Crippen LogP contribution is -2.36. The van der Waals surface area contributed by atoms with Crippen LogP contribution >= 0.6 is 11.3 Å². The first-order valence-corrected chi connectivity index (χ1v) is 9.35. The number of carbonyl (C=O) groups excluding carboxylic acids is 1. The van der Waals surface area contributed by atoms with E-state index in [1.165, 1.54) is 10.4 Å². The largest absolute Gasteiger partial charge is 0.454 e. The van der Waals surface area contributed by atoms with Crippen LogP contribution in [0.25, 0.3) is 0 Å². The van der Waals surface area contributed by atoms with Crippen molar-refractivity contribution in [3.8, 4) is 11.5 Å². The van der Waals surface area contributed by atoms with Gasteiger partial charge >= 0.3 is 0 Å². The summed E-state index contributed by atoms with van der Waals surface area (Å²) in [5.41, 5.74) is 2.18. The SMILES string of the molecule is CC(C)(CNC(=O)c1cc2c(s1)CCNC2)c1ccc2c(c1)OCO2. The van der Waals surface area contributed by atoms with E-state index in [-0.39, 0.29) is 18.1 Å². The molecule has 0 fully saturated rings. The summed E-state index contributed by atoms with van der Waals surface area (Å²) in [6.45, 7) is 6.93. The van der Waals surface area contributed by atoms with E-state index in [0.717, 1.165) is 41.4 Å². The van der Waals surface area contributed by atoms with Gasteiger partial charge in [0.05, 0.1) is 4.88 Å². The Morgan fingerprint density at radius 1 is 1.28 bits per heavy atom. The summed E-state index contributed by atoms with van der Waals surface area (Å²) in [5, 5.41) is 6.44. The molecule has 3 heterocycles. The Hall–Kier alpha value is -2.05. The van der Waals surface area contributed by atoms with Gasteiger partial charge in [-0.25, -0.2) is 0 Å². The van der Waals surface area contributed by atoms with Crippen LogP contribution in [0.5, 0.6) is 11.5 Å². The second-order valence-corrected chi connectivity index (χ2v) is 8.26. The molecule has 5 nitrogen and oxygen atoms in total. The molecule has 2 aromatic rings. The van der Waals surface area contributed by atoms with Gasteiger partial charge in [-0.3, -0.25) is 4.79 Å². The number of thiophene rings is 1. The molecule has 0 unspecified atom stereocenters. The zero-order valence-electron chi connectivity index (χ0n) is 14.5. The van der Waals surface area contributed by atoms with Crippen molar-refractivity contribution in [2.45, 2.75) is 32.2 Å². The molecule has 0 aliphatic carbocycles. The number of benzene rings is 1. The van der Waals surface area contributed by atoms with E-state index in [2.05, 4.69) is 24.5 Å². The Kier molecular flexibility index (Phi) is 4.17. The number of hydrogen-bond acceptors (Lipinski definition) is 5. The maximum Gasteiger partial charge on any atom is 0.261 e. The van der Waals surface area contributed by atoms with Crippen LogP contribution in [0.1, 0.15) is 39.5 Å². The molecule has 25 heavy (non-hydrogen) atoms. The van der Waals surface area contributed by atoms with Crippen LogP contribution in [-0.4, -0.2) is 25.8 Å². The van der Waals surface area contributed by atoms with Crippen molar-refractivity contribution in [3.05, 3.63) is 45.1 Å². The fourth-order valence-corrected chi connectivity index (χ4v) is 4.27. The molecule has 0 bridgehead atoms. The van der Waals surface area contributed by atoms with Crippen LogP contribution in [-0.2, 0) is 18.4 Å². The van der Waals surface area contributed by atoms with Crippen LogP contribution in [0.2, 0.25) is 0 Å². The van der Waals surface area contributed by atoms with Gasteiger partial charge in [0.2, 0.25) is 6.79 Å². The number of hydrogen-bond donors (Lipinski definition) is 2. The highest BCUT2D eigenvalue weighted by atomic mass is 32.1. The van der Waals surface area contributed by atoms with Crippen LogP contribution in [0.15, 0.2) is 24.3 Å². The highest BCUT2D eigenvalue weighted by molar-refractivity contribution is 7.14. The third kappa shape index (κ3) is 3.24. The summed E-state index contributed by atoms with van der Waals surface area (Å²) < 4.78 is 10.8. The molecule has 2 aliphatic heterocycles. The molecule has 132 valence electrons. The second-order valence-electron chi connectivity index (χ2n) is 7.12. The Labute approximate surface area is 151 Å². The van der Waals surface area contributed by atoms with Crippen LogP contribution < -0.4 is 20.1 Å². The smallest absolute Gasteiger partial charge is 0.261 e. The fourth-order valence-electron chi connectivity index (χ4n) is 3.17. The predicted octanol–water partition coefficient (Wildman–Crippen LogP) is 2.83.